The summed E-state index contributed by atoms with van der Waals surface area (Å²) in [6.07, 6.45) is 5.14. The Morgan fingerprint density at radius 1 is 1.24 bits per heavy atom. The lowest BCUT2D eigenvalue weighted by Crippen LogP contribution is -2.50. The fourth-order valence-electron chi connectivity index (χ4n) is 2.32. The molecule has 1 aliphatic heterocycles. The summed E-state index contributed by atoms with van der Waals surface area (Å²) in [7, 11) is 3.45. The SMILES string of the molecule is CCCCCC1SCC(C(=O)OCCC)N1C(=O)N(C)C. The Kier molecular flexibility index (Phi) is 7.93. The van der Waals surface area contributed by atoms with Crippen molar-refractivity contribution in [1.29, 1.82) is 0 Å². The quantitative estimate of drug-likeness (QED) is 0.535. The molecule has 21 heavy (non-hydrogen) atoms. The normalized spacial score (nSPS) is 21.4. The number of carbonyl (C=O) groups is 2. The van der Waals surface area contributed by atoms with Crippen LogP contribution in [0.3, 0.4) is 0 Å². The minimum Gasteiger partial charge on any atom is -0.464 e. The van der Waals surface area contributed by atoms with Crippen molar-refractivity contribution in [2.75, 3.05) is 26.5 Å². The molecule has 1 aliphatic rings. The van der Waals surface area contributed by atoms with Crippen molar-refractivity contribution in [3.05, 3.63) is 0 Å². The number of thioether (sulfide) groups is 1. The topological polar surface area (TPSA) is 49.9 Å². The van der Waals surface area contributed by atoms with Gasteiger partial charge in [0.05, 0.1) is 12.0 Å². The van der Waals surface area contributed by atoms with Crippen LogP contribution in [0.5, 0.6) is 0 Å². The average Bonchev–Trinajstić information content (AvgIpc) is 2.88. The van der Waals surface area contributed by atoms with E-state index < -0.39 is 6.04 Å². The summed E-state index contributed by atoms with van der Waals surface area (Å²) < 4.78 is 5.24. The van der Waals surface area contributed by atoms with Crippen molar-refractivity contribution in [2.24, 2.45) is 0 Å². The highest BCUT2D eigenvalue weighted by Crippen LogP contribution is 2.33. The molecular formula is C15H28N2O3S. The molecule has 1 saturated heterocycles. The van der Waals surface area contributed by atoms with Crippen LogP contribution >= 0.6 is 11.8 Å². The van der Waals surface area contributed by atoms with Gasteiger partial charge in [0, 0.05) is 19.8 Å². The Labute approximate surface area is 132 Å². The first-order chi connectivity index (χ1) is 10.0. The first kappa shape index (κ1) is 18.1. The van der Waals surface area contributed by atoms with Crippen LogP contribution in [-0.2, 0) is 9.53 Å². The van der Waals surface area contributed by atoms with E-state index >= 15 is 0 Å². The van der Waals surface area contributed by atoms with Crippen molar-refractivity contribution >= 4 is 23.8 Å². The van der Waals surface area contributed by atoms with Crippen LogP contribution in [0.2, 0.25) is 0 Å². The summed E-state index contributed by atoms with van der Waals surface area (Å²) in [5.74, 6) is 0.372. The molecule has 5 nitrogen and oxygen atoms in total. The molecule has 0 aliphatic carbocycles. The van der Waals surface area contributed by atoms with Gasteiger partial charge in [-0.1, -0.05) is 33.1 Å². The van der Waals surface area contributed by atoms with E-state index in [1.165, 1.54) is 0 Å². The van der Waals surface area contributed by atoms with Crippen LogP contribution in [0.25, 0.3) is 0 Å². The Morgan fingerprint density at radius 3 is 2.52 bits per heavy atom. The molecule has 0 bridgehead atoms. The van der Waals surface area contributed by atoms with Crippen molar-refractivity contribution < 1.29 is 14.3 Å². The number of unbranched alkanes of at least 4 members (excludes halogenated alkanes) is 2. The Bertz CT molecular complexity index is 350. The smallest absolute Gasteiger partial charge is 0.329 e. The molecule has 6 heteroatoms. The van der Waals surface area contributed by atoms with E-state index in [0.29, 0.717) is 12.4 Å². The molecule has 0 radical (unpaired) electrons. The third-order valence-electron chi connectivity index (χ3n) is 3.47. The Morgan fingerprint density at radius 2 is 1.95 bits per heavy atom. The molecular weight excluding hydrogens is 288 g/mol. The van der Waals surface area contributed by atoms with Gasteiger partial charge in [-0.25, -0.2) is 9.59 Å². The zero-order valence-electron chi connectivity index (χ0n) is 13.6. The van der Waals surface area contributed by atoms with Crippen LogP contribution in [0.4, 0.5) is 4.79 Å². The van der Waals surface area contributed by atoms with Crippen LogP contribution in [0, 0.1) is 0 Å². The molecule has 1 rings (SSSR count). The summed E-state index contributed by atoms with van der Waals surface area (Å²) in [5.41, 5.74) is 0. The number of ether oxygens (including phenoxy) is 1. The number of nitrogens with zero attached hydrogens (tertiary/aromatic N) is 2. The number of amides is 2. The van der Waals surface area contributed by atoms with E-state index in [1.807, 2.05) is 6.92 Å². The third kappa shape index (κ3) is 5.09. The Hall–Kier alpha value is -0.910. The zero-order valence-corrected chi connectivity index (χ0v) is 14.4. The second kappa shape index (κ2) is 9.18. The standard InChI is InChI=1S/C15H28N2O3S/c1-5-7-8-9-13-17(15(19)16(3)4)12(11-21-13)14(18)20-10-6-2/h12-13H,5-11H2,1-4H3. The third-order valence-corrected chi connectivity index (χ3v) is 4.83. The highest BCUT2D eigenvalue weighted by atomic mass is 32.2. The first-order valence-electron chi connectivity index (χ1n) is 7.80. The molecule has 2 unspecified atom stereocenters. The molecule has 0 aromatic heterocycles. The number of rotatable bonds is 7. The summed E-state index contributed by atoms with van der Waals surface area (Å²) in [6, 6.07) is -0.539. The molecule has 2 atom stereocenters. The number of urea groups is 1. The van der Waals surface area contributed by atoms with Gasteiger partial charge in [0.1, 0.15) is 6.04 Å². The molecule has 122 valence electrons. The van der Waals surface area contributed by atoms with Gasteiger partial charge >= 0.3 is 12.0 Å². The first-order valence-corrected chi connectivity index (χ1v) is 8.85. The predicted molar refractivity (Wildman–Crippen MR) is 86.3 cm³/mol. The lowest BCUT2D eigenvalue weighted by Gasteiger charge is -2.30. The van der Waals surface area contributed by atoms with Gasteiger partial charge in [-0.05, 0) is 12.8 Å². The zero-order chi connectivity index (χ0) is 15.8. The van der Waals surface area contributed by atoms with E-state index in [2.05, 4.69) is 6.92 Å². The largest absolute Gasteiger partial charge is 0.464 e. The van der Waals surface area contributed by atoms with Gasteiger partial charge in [0.2, 0.25) is 0 Å². The maximum Gasteiger partial charge on any atom is 0.329 e. The lowest BCUT2D eigenvalue weighted by molar-refractivity contribution is -0.148. The van der Waals surface area contributed by atoms with Gasteiger partial charge in [-0.2, -0.15) is 0 Å². The van der Waals surface area contributed by atoms with Crippen LogP contribution in [-0.4, -0.2) is 59.7 Å². The highest BCUT2D eigenvalue weighted by Gasteiger charge is 2.42. The maximum absolute atomic E-state index is 12.4. The highest BCUT2D eigenvalue weighted by molar-refractivity contribution is 8.00. The van der Waals surface area contributed by atoms with E-state index in [4.69, 9.17) is 4.74 Å². The molecule has 0 spiro atoms. The lowest BCUT2D eigenvalue weighted by atomic mass is 10.2. The molecule has 1 heterocycles. The fourth-order valence-corrected chi connectivity index (χ4v) is 3.75. The van der Waals surface area contributed by atoms with E-state index in [-0.39, 0.29) is 17.4 Å². The number of hydrogen-bond donors (Lipinski definition) is 0. The van der Waals surface area contributed by atoms with Crippen LogP contribution in [0.15, 0.2) is 0 Å². The number of carbonyl (C=O) groups excluding carboxylic acids is 2. The number of esters is 1. The van der Waals surface area contributed by atoms with Gasteiger partial charge < -0.3 is 9.64 Å². The van der Waals surface area contributed by atoms with E-state index in [0.717, 1.165) is 32.1 Å². The molecule has 0 aromatic rings. The maximum atomic E-state index is 12.4. The summed E-state index contributed by atoms with van der Waals surface area (Å²) in [6.45, 7) is 4.55. The Balaban J connectivity index is 2.73. The fraction of sp³-hybridized carbons (Fsp3) is 0.867. The summed E-state index contributed by atoms with van der Waals surface area (Å²) >= 11 is 1.69. The summed E-state index contributed by atoms with van der Waals surface area (Å²) in [4.78, 5) is 27.8. The minimum absolute atomic E-state index is 0.0885. The van der Waals surface area contributed by atoms with Gasteiger partial charge in [-0.15, -0.1) is 11.8 Å². The monoisotopic (exact) mass is 316 g/mol. The van der Waals surface area contributed by atoms with Crippen molar-refractivity contribution in [2.45, 2.75) is 57.4 Å². The average molecular weight is 316 g/mol. The second-order valence-corrected chi connectivity index (χ2v) is 6.76. The molecule has 0 aromatic carbocycles. The second-order valence-electron chi connectivity index (χ2n) is 5.55. The van der Waals surface area contributed by atoms with Gasteiger partial charge in [-0.3, -0.25) is 4.90 Å². The predicted octanol–water partition coefficient (Wildman–Crippen LogP) is 2.95. The molecule has 0 N–H and O–H groups in total. The van der Waals surface area contributed by atoms with Crippen molar-refractivity contribution in [3.63, 3.8) is 0 Å². The van der Waals surface area contributed by atoms with E-state index in [1.54, 1.807) is 35.7 Å². The summed E-state index contributed by atoms with van der Waals surface area (Å²) in [5, 5.41) is 0.0885. The molecule has 0 saturated carbocycles. The minimum atomic E-state index is -0.442. The van der Waals surface area contributed by atoms with Crippen LogP contribution < -0.4 is 0 Å². The molecule has 2 amide bonds. The number of hydrogen-bond acceptors (Lipinski definition) is 4. The van der Waals surface area contributed by atoms with Crippen molar-refractivity contribution in [1.82, 2.24) is 9.80 Å². The van der Waals surface area contributed by atoms with Crippen molar-refractivity contribution in [3.8, 4) is 0 Å². The van der Waals surface area contributed by atoms with Gasteiger partial charge in [0.25, 0.3) is 0 Å². The van der Waals surface area contributed by atoms with E-state index in [9.17, 15) is 9.59 Å². The molecule has 1 fully saturated rings. The van der Waals surface area contributed by atoms with Gasteiger partial charge in [0.15, 0.2) is 0 Å². The van der Waals surface area contributed by atoms with Crippen LogP contribution in [0.1, 0.15) is 46.0 Å².